The molecule has 6 nitrogen and oxygen atoms in total. The number of carbonyl (C=O) groups is 2. The summed E-state index contributed by atoms with van der Waals surface area (Å²) < 4.78 is 5.42. The highest BCUT2D eigenvalue weighted by atomic mass is 16.5. The van der Waals surface area contributed by atoms with Crippen LogP contribution in [0.2, 0.25) is 0 Å². The van der Waals surface area contributed by atoms with E-state index in [0.717, 1.165) is 24.8 Å². The van der Waals surface area contributed by atoms with E-state index in [1.807, 2.05) is 0 Å². The van der Waals surface area contributed by atoms with E-state index in [1.54, 1.807) is 19.2 Å². The van der Waals surface area contributed by atoms with Gasteiger partial charge in [0.05, 0.1) is 11.2 Å². The fourth-order valence-corrected chi connectivity index (χ4v) is 2.28. The van der Waals surface area contributed by atoms with Gasteiger partial charge in [-0.3, -0.25) is 0 Å². The predicted molar refractivity (Wildman–Crippen MR) is 77.2 cm³/mol. The first-order chi connectivity index (χ1) is 10.0. The molecule has 0 aliphatic heterocycles. The number of methoxy groups -OCH3 is 1. The monoisotopic (exact) mass is 292 g/mol. The van der Waals surface area contributed by atoms with Crippen molar-refractivity contribution >= 4 is 12.0 Å². The van der Waals surface area contributed by atoms with E-state index in [0.29, 0.717) is 13.1 Å². The number of carboxylic acid groups (broad SMARTS) is 1. The summed E-state index contributed by atoms with van der Waals surface area (Å²) in [5.74, 6) is -0.961. The molecule has 6 heteroatoms. The van der Waals surface area contributed by atoms with Crippen molar-refractivity contribution in [1.82, 2.24) is 10.6 Å². The molecule has 0 radical (unpaired) electrons. The van der Waals surface area contributed by atoms with E-state index in [9.17, 15) is 9.59 Å². The lowest BCUT2D eigenvalue weighted by molar-refractivity contribution is -0.0673. The highest BCUT2D eigenvalue weighted by molar-refractivity contribution is 5.87. The van der Waals surface area contributed by atoms with Gasteiger partial charge in [0.2, 0.25) is 0 Å². The van der Waals surface area contributed by atoms with E-state index in [4.69, 9.17) is 9.84 Å². The van der Waals surface area contributed by atoms with E-state index in [1.165, 1.54) is 12.1 Å². The molecule has 0 atom stereocenters. The summed E-state index contributed by atoms with van der Waals surface area (Å²) in [5, 5.41) is 14.3. The van der Waals surface area contributed by atoms with Crippen molar-refractivity contribution in [3.05, 3.63) is 35.4 Å². The molecule has 1 aliphatic rings. The molecule has 0 aromatic heterocycles. The number of rotatable bonds is 6. The predicted octanol–water partition coefficient (Wildman–Crippen LogP) is 1.75. The number of aromatic carboxylic acids is 1. The maximum absolute atomic E-state index is 11.7. The lowest BCUT2D eigenvalue weighted by Crippen LogP contribution is -2.51. The molecule has 2 rings (SSSR count). The maximum atomic E-state index is 11.7. The lowest BCUT2D eigenvalue weighted by Gasteiger charge is -2.40. The molecule has 114 valence electrons. The van der Waals surface area contributed by atoms with Crippen LogP contribution in [0, 0.1) is 0 Å². The molecule has 1 fully saturated rings. The number of amides is 2. The third-order valence-corrected chi connectivity index (χ3v) is 3.92. The average Bonchev–Trinajstić information content (AvgIpc) is 2.45. The summed E-state index contributed by atoms with van der Waals surface area (Å²) in [4.78, 5) is 22.5. The van der Waals surface area contributed by atoms with Gasteiger partial charge in [0.1, 0.15) is 0 Å². The fraction of sp³-hybridized carbons (Fsp3) is 0.467. The van der Waals surface area contributed by atoms with Crippen molar-refractivity contribution in [2.75, 3.05) is 13.7 Å². The first-order valence-corrected chi connectivity index (χ1v) is 6.94. The molecule has 2 amide bonds. The summed E-state index contributed by atoms with van der Waals surface area (Å²) >= 11 is 0. The maximum Gasteiger partial charge on any atom is 0.335 e. The van der Waals surface area contributed by atoms with Crippen LogP contribution in [0.25, 0.3) is 0 Å². The number of hydrogen-bond donors (Lipinski definition) is 3. The number of carbonyl (C=O) groups excluding carboxylic acids is 1. The molecule has 0 bridgehead atoms. The summed E-state index contributed by atoms with van der Waals surface area (Å²) in [7, 11) is 1.67. The van der Waals surface area contributed by atoms with Crippen molar-refractivity contribution in [3.8, 4) is 0 Å². The number of benzene rings is 1. The Bertz CT molecular complexity index is 503. The van der Waals surface area contributed by atoms with E-state index >= 15 is 0 Å². The highest BCUT2D eigenvalue weighted by Crippen LogP contribution is 2.34. The smallest absolute Gasteiger partial charge is 0.335 e. The first kappa shape index (κ1) is 15.3. The van der Waals surface area contributed by atoms with Crippen LogP contribution < -0.4 is 10.6 Å². The number of nitrogens with one attached hydrogen (secondary N) is 2. The molecule has 1 aromatic rings. The Morgan fingerprint density at radius 3 is 2.38 bits per heavy atom. The zero-order valence-electron chi connectivity index (χ0n) is 12.0. The minimum absolute atomic E-state index is 0.194. The number of urea groups is 1. The molecule has 0 saturated heterocycles. The van der Waals surface area contributed by atoms with Crippen LogP contribution >= 0.6 is 0 Å². The zero-order valence-corrected chi connectivity index (χ0v) is 12.0. The average molecular weight is 292 g/mol. The van der Waals surface area contributed by atoms with Crippen LogP contribution in [0.5, 0.6) is 0 Å². The third-order valence-electron chi connectivity index (χ3n) is 3.92. The zero-order chi connectivity index (χ0) is 15.3. The summed E-state index contributed by atoms with van der Waals surface area (Å²) in [6.07, 6.45) is 3.08. The molecule has 0 unspecified atom stereocenters. The van der Waals surface area contributed by atoms with E-state index < -0.39 is 5.97 Å². The first-order valence-electron chi connectivity index (χ1n) is 6.94. The highest BCUT2D eigenvalue weighted by Gasteiger charge is 2.37. The molecule has 1 saturated carbocycles. The third kappa shape index (κ3) is 3.95. The molecular formula is C15H20N2O4. The van der Waals surface area contributed by atoms with Crippen LogP contribution in [0.4, 0.5) is 4.79 Å². The van der Waals surface area contributed by atoms with Crippen LogP contribution in [-0.2, 0) is 11.3 Å². The quantitative estimate of drug-likeness (QED) is 0.745. The minimum Gasteiger partial charge on any atom is -0.478 e. The Hall–Kier alpha value is -2.08. The van der Waals surface area contributed by atoms with E-state index in [-0.39, 0.29) is 17.2 Å². The lowest BCUT2D eigenvalue weighted by atomic mass is 9.80. The molecule has 0 heterocycles. The second-order valence-electron chi connectivity index (χ2n) is 5.28. The van der Waals surface area contributed by atoms with E-state index in [2.05, 4.69) is 10.6 Å². The largest absolute Gasteiger partial charge is 0.478 e. The van der Waals surface area contributed by atoms with Gasteiger partial charge in [0.25, 0.3) is 0 Å². The van der Waals surface area contributed by atoms with Gasteiger partial charge in [-0.15, -0.1) is 0 Å². The molecule has 0 spiro atoms. The number of ether oxygens (including phenoxy) is 1. The minimum atomic E-state index is -0.961. The molecular weight excluding hydrogens is 272 g/mol. The Kier molecular flexibility index (Phi) is 4.80. The van der Waals surface area contributed by atoms with Crippen molar-refractivity contribution in [2.24, 2.45) is 0 Å². The van der Waals surface area contributed by atoms with Crippen LogP contribution in [-0.4, -0.2) is 36.4 Å². The van der Waals surface area contributed by atoms with Gasteiger partial charge in [-0.05, 0) is 37.0 Å². The van der Waals surface area contributed by atoms with Gasteiger partial charge in [-0.1, -0.05) is 12.1 Å². The van der Waals surface area contributed by atoms with Crippen molar-refractivity contribution in [1.29, 1.82) is 0 Å². The summed E-state index contributed by atoms with van der Waals surface area (Å²) in [6.45, 7) is 0.860. The molecule has 1 aliphatic carbocycles. The second-order valence-corrected chi connectivity index (χ2v) is 5.28. The normalized spacial score (nSPS) is 15.9. The number of carboxylic acids is 1. The Morgan fingerprint density at radius 1 is 1.24 bits per heavy atom. The fourth-order valence-electron chi connectivity index (χ4n) is 2.28. The Balaban J connectivity index is 1.74. The van der Waals surface area contributed by atoms with Crippen molar-refractivity contribution < 1.29 is 19.4 Å². The van der Waals surface area contributed by atoms with Gasteiger partial charge < -0.3 is 20.5 Å². The Morgan fingerprint density at radius 2 is 1.90 bits per heavy atom. The Labute approximate surface area is 123 Å². The van der Waals surface area contributed by atoms with Crippen molar-refractivity contribution in [2.45, 2.75) is 31.4 Å². The standard InChI is InChI=1S/C15H20N2O4/c1-21-15(7-2-8-15)10-17-14(20)16-9-11-3-5-12(6-4-11)13(18)19/h3-6H,2,7-10H2,1H3,(H,18,19)(H2,16,17,20). The van der Waals surface area contributed by atoms with Gasteiger partial charge in [0.15, 0.2) is 0 Å². The molecule has 1 aromatic carbocycles. The van der Waals surface area contributed by atoms with Crippen LogP contribution in [0.1, 0.15) is 35.2 Å². The topological polar surface area (TPSA) is 87.7 Å². The van der Waals surface area contributed by atoms with Gasteiger partial charge >= 0.3 is 12.0 Å². The van der Waals surface area contributed by atoms with Gasteiger partial charge in [0, 0.05) is 20.2 Å². The second kappa shape index (κ2) is 6.58. The van der Waals surface area contributed by atoms with Crippen LogP contribution in [0.3, 0.4) is 0 Å². The van der Waals surface area contributed by atoms with Crippen molar-refractivity contribution in [3.63, 3.8) is 0 Å². The van der Waals surface area contributed by atoms with Gasteiger partial charge in [-0.2, -0.15) is 0 Å². The number of hydrogen-bond acceptors (Lipinski definition) is 3. The summed E-state index contributed by atoms with van der Waals surface area (Å²) in [5.41, 5.74) is 0.885. The molecule has 3 N–H and O–H groups in total. The van der Waals surface area contributed by atoms with Gasteiger partial charge in [-0.25, -0.2) is 9.59 Å². The van der Waals surface area contributed by atoms with Crippen LogP contribution in [0.15, 0.2) is 24.3 Å². The summed E-state index contributed by atoms with van der Waals surface area (Å²) in [6, 6.07) is 6.16. The SMILES string of the molecule is COC1(CNC(=O)NCc2ccc(C(=O)O)cc2)CCC1. The molecule has 21 heavy (non-hydrogen) atoms.